The summed E-state index contributed by atoms with van der Waals surface area (Å²) in [4.78, 5) is 13.3. The lowest BCUT2D eigenvalue weighted by Gasteiger charge is -2.34. The second kappa shape index (κ2) is 5.14. The maximum Gasteiger partial charge on any atom is 0.306 e. The highest BCUT2D eigenvalue weighted by Gasteiger charge is 2.28. The van der Waals surface area contributed by atoms with E-state index in [-0.39, 0.29) is 5.92 Å². The Bertz CT molecular complexity index is 430. The molecule has 1 atom stereocenters. The van der Waals surface area contributed by atoms with Gasteiger partial charge in [-0.15, -0.1) is 0 Å². The quantitative estimate of drug-likeness (QED) is 0.897. The lowest BCUT2D eigenvalue weighted by atomic mass is 9.95. The monoisotopic (exact) mass is 251 g/mol. The molecule has 0 saturated carbocycles. The molecule has 0 spiro atoms. The Labute approximate surface area is 108 Å². The summed E-state index contributed by atoms with van der Waals surface area (Å²) in [6.45, 7) is 7.81. The van der Waals surface area contributed by atoms with Crippen LogP contribution < -0.4 is 0 Å². The van der Waals surface area contributed by atoms with Crippen molar-refractivity contribution in [1.82, 2.24) is 4.90 Å². The molecule has 0 bridgehead atoms. The third-order valence-corrected chi connectivity index (χ3v) is 3.96. The summed E-state index contributed by atoms with van der Waals surface area (Å²) in [6, 6.07) is 2.39. The normalized spacial score (nSPS) is 19.9. The summed E-state index contributed by atoms with van der Waals surface area (Å²) in [7, 11) is 0. The highest BCUT2D eigenvalue weighted by molar-refractivity contribution is 5.70. The minimum atomic E-state index is -0.655. The Morgan fingerprint density at radius 3 is 2.50 bits per heavy atom. The van der Waals surface area contributed by atoms with Gasteiger partial charge >= 0.3 is 5.97 Å². The minimum Gasteiger partial charge on any atom is -0.481 e. The van der Waals surface area contributed by atoms with Gasteiger partial charge in [-0.2, -0.15) is 0 Å². The maximum atomic E-state index is 10.9. The van der Waals surface area contributed by atoms with Gasteiger partial charge in [0.15, 0.2) is 0 Å². The van der Waals surface area contributed by atoms with Gasteiger partial charge in [-0.05, 0) is 52.8 Å². The molecule has 1 aromatic heterocycles. The van der Waals surface area contributed by atoms with Gasteiger partial charge in [-0.3, -0.25) is 9.69 Å². The molecular weight excluding hydrogens is 230 g/mol. The topological polar surface area (TPSA) is 53.7 Å². The summed E-state index contributed by atoms with van der Waals surface area (Å²) in [5.41, 5.74) is 1.22. The fourth-order valence-corrected chi connectivity index (χ4v) is 2.80. The molecule has 18 heavy (non-hydrogen) atoms. The summed E-state index contributed by atoms with van der Waals surface area (Å²) < 4.78 is 5.57. The zero-order chi connectivity index (χ0) is 13.3. The minimum absolute atomic E-state index is 0.166. The number of rotatable bonds is 3. The fraction of sp³-hybridized carbons (Fsp3) is 0.643. The molecule has 0 radical (unpaired) electrons. The fourth-order valence-electron chi connectivity index (χ4n) is 2.80. The second-order valence-corrected chi connectivity index (χ2v) is 5.19. The first kappa shape index (κ1) is 13.1. The standard InChI is InChI=1S/C14H21NO3/c1-9-8-13(11(3)18-9)10(2)15-6-4-12(5-7-15)14(16)17/h8,10,12H,4-7H2,1-3H3,(H,16,17). The molecular formula is C14H21NO3. The molecule has 1 N–H and O–H groups in total. The van der Waals surface area contributed by atoms with Gasteiger partial charge in [-0.25, -0.2) is 0 Å². The molecule has 4 nitrogen and oxygen atoms in total. The summed E-state index contributed by atoms with van der Waals surface area (Å²) in [5, 5.41) is 8.99. The van der Waals surface area contributed by atoms with Gasteiger partial charge in [0.1, 0.15) is 11.5 Å². The van der Waals surface area contributed by atoms with Gasteiger partial charge in [0, 0.05) is 11.6 Å². The third-order valence-electron chi connectivity index (χ3n) is 3.96. The van der Waals surface area contributed by atoms with Crippen molar-refractivity contribution in [3.63, 3.8) is 0 Å². The van der Waals surface area contributed by atoms with Crippen LogP contribution >= 0.6 is 0 Å². The van der Waals surface area contributed by atoms with Crippen molar-refractivity contribution in [1.29, 1.82) is 0 Å². The van der Waals surface area contributed by atoms with E-state index in [0.717, 1.165) is 37.5 Å². The molecule has 0 aromatic carbocycles. The number of carbonyl (C=O) groups is 1. The average molecular weight is 251 g/mol. The van der Waals surface area contributed by atoms with Crippen LogP contribution in [0.3, 0.4) is 0 Å². The molecule has 1 saturated heterocycles. The van der Waals surface area contributed by atoms with Crippen LogP contribution in [0.1, 0.15) is 42.9 Å². The van der Waals surface area contributed by atoms with E-state index in [1.807, 2.05) is 13.8 Å². The predicted octanol–water partition coefficient (Wildman–Crippen LogP) is 2.75. The lowest BCUT2D eigenvalue weighted by molar-refractivity contribution is -0.143. The van der Waals surface area contributed by atoms with Gasteiger partial charge in [0.05, 0.1) is 5.92 Å². The summed E-state index contributed by atoms with van der Waals surface area (Å²) in [6.07, 6.45) is 1.49. The summed E-state index contributed by atoms with van der Waals surface area (Å²) >= 11 is 0. The van der Waals surface area contributed by atoms with Crippen molar-refractivity contribution in [2.45, 2.75) is 39.7 Å². The van der Waals surface area contributed by atoms with Crippen molar-refractivity contribution in [2.24, 2.45) is 5.92 Å². The number of aliphatic carboxylic acids is 1. The van der Waals surface area contributed by atoms with Crippen molar-refractivity contribution in [2.75, 3.05) is 13.1 Å². The largest absolute Gasteiger partial charge is 0.481 e. The van der Waals surface area contributed by atoms with Crippen molar-refractivity contribution in [3.05, 3.63) is 23.2 Å². The molecule has 1 aliphatic rings. The molecule has 1 unspecified atom stereocenters. The third kappa shape index (κ3) is 2.58. The number of piperidine rings is 1. The average Bonchev–Trinajstić information content (AvgIpc) is 2.67. The Morgan fingerprint density at radius 1 is 1.44 bits per heavy atom. The molecule has 100 valence electrons. The first-order chi connectivity index (χ1) is 8.49. The number of nitrogens with zero attached hydrogens (tertiary/aromatic N) is 1. The molecule has 2 rings (SSSR count). The Balaban J connectivity index is 2.01. The van der Waals surface area contributed by atoms with Crippen LogP contribution in [0.15, 0.2) is 10.5 Å². The van der Waals surface area contributed by atoms with Crippen LogP contribution in [0.2, 0.25) is 0 Å². The number of carboxylic acids is 1. The number of carboxylic acid groups (broad SMARTS) is 1. The number of furan rings is 1. The predicted molar refractivity (Wildman–Crippen MR) is 68.5 cm³/mol. The van der Waals surface area contributed by atoms with Crippen molar-refractivity contribution < 1.29 is 14.3 Å². The summed E-state index contributed by atoms with van der Waals surface area (Å²) in [5.74, 6) is 1.09. The first-order valence-electron chi connectivity index (χ1n) is 6.53. The van der Waals surface area contributed by atoms with Crippen molar-refractivity contribution >= 4 is 5.97 Å². The Morgan fingerprint density at radius 2 is 2.06 bits per heavy atom. The highest BCUT2D eigenvalue weighted by Crippen LogP contribution is 2.29. The van der Waals surface area contributed by atoms with Crippen LogP contribution in [0.4, 0.5) is 0 Å². The number of hydrogen-bond donors (Lipinski definition) is 1. The number of likely N-dealkylation sites (tertiary alicyclic amines) is 1. The van der Waals surface area contributed by atoms with E-state index in [1.165, 1.54) is 5.56 Å². The highest BCUT2D eigenvalue weighted by atomic mass is 16.4. The number of aryl methyl sites for hydroxylation is 2. The Hall–Kier alpha value is -1.29. The van der Waals surface area contributed by atoms with Crippen molar-refractivity contribution in [3.8, 4) is 0 Å². The van der Waals surface area contributed by atoms with Gasteiger partial charge in [0.25, 0.3) is 0 Å². The number of hydrogen-bond acceptors (Lipinski definition) is 3. The molecule has 0 amide bonds. The van der Waals surface area contributed by atoms with E-state index in [1.54, 1.807) is 0 Å². The van der Waals surface area contributed by atoms with E-state index in [9.17, 15) is 4.79 Å². The van der Waals surface area contributed by atoms with Crippen LogP contribution in [-0.2, 0) is 4.79 Å². The molecule has 4 heteroatoms. The zero-order valence-corrected chi connectivity index (χ0v) is 11.3. The van der Waals surface area contributed by atoms with E-state index in [2.05, 4.69) is 17.9 Å². The smallest absolute Gasteiger partial charge is 0.306 e. The molecule has 1 aromatic rings. The molecule has 1 fully saturated rings. The molecule has 2 heterocycles. The Kier molecular flexibility index (Phi) is 3.76. The van der Waals surface area contributed by atoms with Crippen LogP contribution in [0.5, 0.6) is 0 Å². The maximum absolute atomic E-state index is 10.9. The van der Waals surface area contributed by atoms with Crippen LogP contribution in [0.25, 0.3) is 0 Å². The molecule has 1 aliphatic heterocycles. The van der Waals surface area contributed by atoms with Gasteiger partial charge in [0.2, 0.25) is 0 Å². The van der Waals surface area contributed by atoms with E-state index in [0.29, 0.717) is 6.04 Å². The van der Waals surface area contributed by atoms with Gasteiger partial charge < -0.3 is 9.52 Å². The first-order valence-corrected chi connectivity index (χ1v) is 6.53. The molecule has 0 aliphatic carbocycles. The lowest BCUT2D eigenvalue weighted by Crippen LogP contribution is -2.37. The van der Waals surface area contributed by atoms with Crippen LogP contribution in [0, 0.1) is 19.8 Å². The van der Waals surface area contributed by atoms with Gasteiger partial charge in [-0.1, -0.05) is 0 Å². The van der Waals surface area contributed by atoms with E-state index in [4.69, 9.17) is 9.52 Å². The van der Waals surface area contributed by atoms with E-state index < -0.39 is 5.97 Å². The van der Waals surface area contributed by atoms with Crippen LogP contribution in [-0.4, -0.2) is 29.1 Å². The van der Waals surface area contributed by atoms with E-state index >= 15 is 0 Å². The second-order valence-electron chi connectivity index (χ2n) is 5.19. The zero-order valence-electron chi connectivity index (χ0n) is 11.3. The SMILES string of the molecule is Cc1cc(C(C)N2CCC(C(=O)O)CC2)c(C)o1.